The molecule has 0 fully saturated rings. The van der Waals surface area contributed by atoms with Crippen LogP contribution in [0.3, 0.4) is 0 Å². The van der Waals surface area contributed by atoms with Crippen molar-refractivity contribution in [3.05, 3.63) is 52.0 Å². The lowest BCUT2D eigenvalue weighted by Gasteiger charge is -1.97. The van der Waals surface area contributed by atoms with Gasteiger partial charge in [0.15, 0.2) is 0 Å². The van der Waals surface area contributed by atoms with Crippen LogP contribution in [0.15, 0.2) is 36.5 Å². The highest BCUT2D eigenvalue weighted by atomic mass is 32.1. The van der Waals surface area contributed by atoms with Crippen molar-refractivity contribution in [3.8, 4) is 0 Å². The molecular formula is C13H15NS. The van der Waals surface area contributed by atoms with Crippen LogP contribution in [0.25, 0.3) is 0 Å². The maximum atomic E-state index is 4.43. The van der Waals surface area contributed by atoms with Gasteiger partial charge in [0.2, 0.25) is 0 Å². The van der Waals surface area contributed by atoms with Crippen LogP contribution in [0.1, 0.15) is 35.2 Å². The zero-order valence-electron chi connectivity index (χ0n) is 9.10. The Kier molecular flexibility index (Phi) is 3.17. The molecule has 0 N–H and O–H groups in total. The molecule has 0 saturated heterocycles. The summed E-state index contributed by atoms with van der Waals surface area (Å²) in [6.07, 6.45) is 3.01. The van der Waals surface area contributed by atoms with E-state index in [0.29, 0.717) is 5.92 Å². The summed E-state index contributed by atoms with van der Waals surface area (Å²) >= 11 is 1.82. The van der Waals surface area contributed by atoms with Crippen molar-refractivity contribution in [2.24, 2.45) is 0 Å². The van der Waals surface area contributed by atoms with Crippen molar-refractivity contribution in [1.29, 1.82) is 0 Å². The van der Waals surface area contributed by atoms with Crippen molar-refractivity contribution in [1.82, 2.24) is 4.98 Å². The van der Waals surface area contributed by atoms with E-state index in [1.165, 1.54) is 15.4 Å². The molecule has 1 heterocycles. The van der Waals surface area contributed by atoms with Crippen molar-refractivity contribution in [2.45, 2.75) is 26.2 Å². The van der Waals surface area contributed by atoms with E-state index in [1.54, 1.807) is 0 Å². The van der Waals surface area contributed by atoms with E-state index in [4.69, 9.17) is 0 Å². The highest BCUT2D eigenvalue weighted by Gasteiger charge is 2.05. The van der Waals surface area contributed by atoms with Crippen LogP contribution in [0, 0.1) is 0 Å². The Labute approximate surface area is 94.8 Å². The lowest BCUT2D eigenvalue weighted by atomic mass is 10.1. The Hall–Kier alpha value is -1.15. The standard InChI is InChI=1S/C13H15NS/c1-10(2)13-14-9-12(15-13)8-11-6-4-3-5-7-11/h3-7,9-10H,8H2,1-2H3. The minimum absolute atomic E-state index is 0.541. The number of hydrogen-bond acceptors (Lipinski definition) is 2. The molecule has 78 valence electrons. The molecule has 0 spiro atoms. The van der Waals surface area contributed by atoms with Gasteiger partial charge in [0, 0.05) is 23.4 Å². The zero-order chi connectivity index (χ0) is 10.7. The normalized spacial score (nSPS) is 10.9. The molecule has 15 heavy (non-hydrogen) atoms. The molecule has 2 rings (SSSR count). The van der Waals surface area contributed by atoms with Gasteiger partial charge in [-0.25, -0.2) is 4.98 Å². The van der Waals surface area contributed by atoms with Crippen LogP contribution >= 0.6 is 11.3 Å². The molecule has 0 unspecified atom stereocenters. The first-order valence-corrected chi connectivity index (χ1v) is 6.06. The predicted octanol–water partition coefficient (Wildman–Crippen LogP) is 3.86. The van der Waals surface area contributed by atoms with Gasteiger partial charge in [-0.1, -0.05) is 44.2 Å². The summed E-state index contributed by atoms with van der Waals surface area (Å²) in [4.78, 5) is 5.78. The number of thiazole rings is 1. The number of rotatable bonds is 3. The SMILES string of the molecule is CC(C)c1ncc(Cc2ccccc2)s1. The predicted molar refractivity (Wildman–Crippen MR) is 65.5 cm³/mol. The summed E-state index contributed by atoms with van der Waals surface area (Å²) < 4.78 is 0. The molecule has 2 heteroatoms. The average Bonchev–Trinajstić information content (AvgIpc) is 2.68. The summed E-state index contributed by atoms with van der Waals surface area (Å²) in [6.45, 7) is 4.37. The molecule has 0 amide bonds. The molecule has 0 saturated carbocycles. The Morgan fingerprint density at radius 1 is 1.20 bits per heavy atom. The van der Waals surface area contributed by atoms with Crippen LogP contribution in [0.5, 0.6) is 0 Å². The van der Waals surface area contributed by atoms with E-state index in [-0.39, 0.29) is 0 Å². The van der Waals surface area contributed by atoms with Gasteiger partial charge in [-0.3, -0.25) is 0 Å². The molecular weight excluding hydrogens is 202 g/mol. The lowest BCUT2D eigenvalue weighted by molar-refractivity contribution is 0.852. The van der Waals surface area contributed by atoms with Crippen molar-refractivity contribution in [2.75, 3.05) is 0 Å². The maximum absolute atomic E-state index is 4.43. The second-order valence-corrected chi connectivity index (χ2v) is 5.13. The van der Waals surface area contributed by atoms with E-state index < -0.39 is 0 Å². The topological polar surface area (TPSA) is 12.9 Å². The summed E-state index contributed by atoms with van der Waals surface area (Å²) in [6, 6.07) is 10.5. The van der Waals surface area contributed by atoms with Gasteiger partial charge in [0.25, 0.3) is 0 Å². The largest absolute Gasteiger partial charge is 0.249 e. The second-order valence-electron chi connectivity index (χ2n) is 3.98. The van der Waals surface area contributed by atoms with Gasteiger partial charge < -0.3 is 0 Å². The van der Waals surface area contributed by atoms with Gasteiger partial charge in [0.1, 0.15) is 0 Å². The molecule has 0 atom stereocenters. The minimum Gasteiger partial charge on any atom is -0.249 e. The summed E-state index contributed by atoms with van der Waals surface area (Å²) in [7, 11) is 0. The van der Waals surface area contributed by atoms with Gasteiger partial charge in [0.05, 0.1) is 5.01 Å². The third-order valence-corrected chi connectivity index (χ3v) is 3.58. The Morgan fingerprint density at radius 2 is 1.93 bits per heavy atom. The number of nitrogens with zero attached hydrogens (tertiary/aromatic N) is 1. The molecule has 0 aliphatic heterocycles. The number of aromatic nitrogens is 1. The molecule has 0 radical (unpaired) electrons. The van der Waals surface area contributed by atoms with E-state index in [0.717, 1.165) is 6.42 Å². The minimum atomic E-state index is 0.541. The molecule has 0 aliphatic carbocycles. The van der Waals surface area contributed by atoms with Crippen molar-refractivity contribution in [3.63, 3.8) is 0 Å². The number of benzene rings is 1. The van der Waals surface area contributed by atoms with Crippen LogP contribution in [-0.2, 0) is 6.42 Å². The molecule has 0 aliphatic rings. The van der Waals surface area contributed by atoms with Crippen molar-refractivity contribution < 1.29 is 0 Å². The molecule has 0 bridgehead atoms. The fourth-order valence-electron chi connectivity index (χ4n) is 1.47. The van der Waals surface area contributed by atoms with Crippen molar-refractivity contribution >= 4 is 11.3 Å². The average molecular weight is 217 g/mol. The summed E-state index contributed by atoms with van der Waals surface area (Å²) in [5, 5.41) is 1.24. The van der Waals surface area contributed by atoms with Gasteiger partial charge >= 0.3 is 0 Å². The lowest BCUT2D eigenvalue weighted by Crippen LogP contribution is -1.82. The Bertz CT molecular complexity index is 417. The molecule has 1 aromatic heterocycles. The Morgan fingerprint density at radius 3 is 2.53 bits per heavy atom. The van der Waals surface area contributed by atoms with Crippen LogP contribution < -0.4 is 0 Å². The first kappa shape index (κ1) is 10.4. The fourth-order valence-corrected chi connectivity index (χ4v) is 2.42. The monoisotopic (exact) mass is 217 g/mol. The maximum Gasteiger partial charge on any atom is 0.0953 e. The van der Waals surface area contributed by atoms with Gasteiger partial charge in [-0.05, 0) is 5.56 Å². The molecule has 2 aromatic rings. The van der Waals surface area contributed by atoms with E-state index >= 15 is 0 Å². The van der Waals surface area contributed by atoms with Crippen LogP contribution in [0.4, 0.5) is 0 Å². The number of hydrogen-bond donors (Lipinski definition) is 0. The molecule has 1 aromatic carbocycles. The van der Waals surface area contributed by atoms with E-state index in [1.807, 2.05) is 17.5 Å². The van der Waals surface area contributed by atoms with Crippen LogP contribution in [-0.4, -0.2) is 4.98 Å². The van der Waals surface area contributed by atoms with E-state index in [9.17, 15) is 0 Å². The highest BCUT2D eigenvalue weighted by Crippen LogP contribution is 2.22. The quantitative estimate of drug-likeness (QED) is 0.760. The zero-order valence-corrected chi connectivity index (χ0v) is 9.92. The van der Waals surface area contributed by atoms with Gasteiger partial charge in [-0.15, -0.1) is 11.3 Å². The van der Waals surface area contributed by atoms with Gasteiger partial charge in [-0.2, -0.15) is 0 Å². The third kappa shape index (κ3) is 2.66. The second kappa shape index (κ2) is 4.58. The third-order valence-electron chi connectivity index (χ3n) is 2.29. The van der Waals surface area contributed by atoms with E-state index in [2.05, 4.69) is 49.2 Å². The van der Waals surface area contributed by atoms with Crippen LogP contribution in [0.2, 0.25) is 0 Å². The molecule has 1 nitrogen and oxygen atoms in total. The summed E-state index contributed by atoms with van der Waals surface area (Å²) in [5.74, 6) is 0.541. The summed E-state index contributed by atoms with van der Waals surface area (Å²) in [5.41, 5.74) is 1.36. The fraction of sp³-hybridized carbons (Fsp3) is 0.308. The highest BCUT2D eigenvalue weighted by molar-refractivity contribution is 7.11. The smallest absolute Gasteiger partial charge is 0.0953 e. The first-order chi connectivity index (χ1) is 7.25. The first-order valence-electron chi connectivity index (χ1n) is 5.24. The Balaban J connectivity index is 2.12.